The first kappa shape index (κ1) is 16.3. The van der Waals surface area contributed by atoms with Crippen molar-refractivity contribution in [1.82, 2.24) is 0 Å². The summed E-state index contributed by atoms with van der Waals surface area (Å²) in [4.78, 5) is 0. The van der Waals surface area contributed by atoms with Gasteiger partial charge in [-0.3, -0.25) is 0 Å². The fourth-order valence-corrected chi connectivity index (χ4v) is 2.96. The van der Waals surface area contributed by atoms with Crippen LogP contribution >= 0.6 is 0 Å². The monoisotopic (exact) mass is 318 g/mol. The maximum Gasteiger partial charge on any atom is 0.119 e. The number of rotatable bonds is 6. The zero-order chi connectivity index (χ0) is 16.8. The van der Waals surface area contributed by atoms with E-state index in [1.165, 1.54) is 0 Å². The normalized spacial score (nSPS) is 11.2. The van der Waals surface area contributed by atoms with Crippen LogP contribution in [0.25, 0.3) is 0 Å². The maximum atomic E-state index is 11.5. The number of hydrogen-bond donors (Lipinski definition) is 1. The third-order valence-electron chi connectivity index (χ3n) is 4.20. The fourth-order valence-electron chi connectivity index (χ4n) is 2.96. The van der Waals surface area contributed by atoms with Crippen LogP contribution in [0.15, 0.2) is 84.9 Å². The van der Waals surface area contributed by atoms with Gasteiger partial charge in [-0.05, 0) is 35.7 Å². The van der Waals surface area contributed by atoms with Gasteiger partial charge in [0.25, 0.3) is 0 Å². The molecule has 0 aromatic heterocycles. The molecule has 0 spiro atoms. The van der Waals surface area contributed by atoms with Crippen molar-refractivity contribution in [3.05, 3.63) is 102 Å². The topological polar surface area (TPSA) is 29.5 Å². The van der Waals surface area contributed by atoms with Gasteiger partial charge in [0.15, 0.2) is 0 Å². The molecule has 3 aromatic rings. The predicted molar refractivity (Wildman–Crippen MR) is 97.2 cm³/mol. The van der Waals surface area contributed by atoms with Gasteiger partial charge < -0.3 is 9.84 Å². The second-order valence-electron chi connectivity index (χ2n) is 5.85. The molecule has 0 amide bonds. The van der Waals surface area contributed by atoms with Crippen LogP contribution in [-0.2, 0) is 12.0 Å². The van der Waals surface area contributed by atoms with Gasteiger partial charge >= 0.3 is 0 Å². The molecule has 0 bridgehead atoms. The van der Waals surface area contributed by atoms with Gasteiger partial charge in [0.2, 0.25) is 0 Å². The summed E-state index contributed by atoms with van der Waals surface area (Å²) >= 11 is 0. The van der Waals surface area contributed by atoms with Crippen molar-refractivity contribution in [2.24, 2.45) is 0 Å². The SMILES string of the molecule is CCOc1ccc(CC(O)(c2ccccc2)c2ccccc2)cc1. The lowest BCUT2D eigenvalue weighted by Gasteiger charge is -2.29. The average Bonchev–Trinajstić information content (AvgIpc) is 2.65. The molecule has 3 aromatic carbocycles. The Balaban J connectivity index is 1.96. The van der Waals surface area contributed by atoms with E-state index in [1.54, 1.807) is 0 Å². The third kappa shape index (κ3) is 3.50. The summed E-state index contributed by atoms with van der Waals surface area (Å²) in [7, 11) is 0. The average molecular weight is 318 g/mol. The minimum atomic E-state index is -1.06. The molecule has 0 fully saturated rings. The summed E-state index contributed by atoms with van der Waals surface area (Å²) in [5, 5.41) is 11.5. The highest BCUT2D eigenvalue weighted by molar-refractivity contribution is 5.39. The van der Waals surface area contributed by atoms with Crippen molar-refractivity contribution in [3.63, 3.8) is 0 Å². The first-order valence-corrected chi connectivity index (χ1v) is 8.27. The van der Waals surface area contributed by atoms with E-state index in [0.717, 1.165) is 22.4 Å². The number of aliphatic hydroxyl groups is 1. The second-order valence-corrected chi connectivity index (χ2v) is 5.85. The van der Waals surface area contributed by atoms with Crippen LogP contribution in [0.4, 0.5) is 0 Å². The third-order valence-corrected chi connectivity index (χ3v) is 4.20. The Labute approximate surface area is 143 Å². The lowest BCUT2D eigenvalue weighted by Crippen LogP contribution is -2.30. The predicted octanol–water partition coefficient (Wildman–Crippen LogP) is 4.56. The zero-order valence-electron chi connectivity index (χ0n) is 13.9. The molecular weight excluding hydrogens is 296 g/mol. The lowest BCUT2D eigenvalue weighted by atomic mass is 9.81. The highest BCUT2D eigenvalue weighted by Crippen LogP contribution is 2.33. The molecule has 2 heteroatoms. The van der Waals surface area contributed by atoms with E-state index in [2.05, 4.69) is 0 Å². The number of benzene rings is 3. The quantitative estimate of drug-likeness (QED) is 0.722. The molecule has 3 rings (SSSR count). The summed E-state index contributed by atoms with van der Waals surface area (Å²) in [6.45, 7) is 2.62. The molecule has 0 radical (unpaired) electrons. The van der Waals surface area contributed by atoms with Gasteiger partial charge in [-0.25, -0.2) is 0 Å². The summed E-state index contributed by atoms with van der Waals surface area (Å²) in [6, 6.07) is 27.6. The van der Waals surface area contributed by atoms with Gasteiger partial charge in [-0.2, -0.15) is 0 Å². The molecule has 2 nitrogen and oxygen atoms in total. The van der Waals surface area contributed by atoms with Crippen molar-refractivity contribution in [2.75, 3.05) is 6.61 Å². The van der Waals surface area contributed by atoms with Crippen molar-refractivity contribution in [3.8, 4) is 5.75 Å². The highest BCUT2D eigenvalue weighted by atomic mass is 16.5. The molecule has 0 saturated heterocycles. The summed E-state index contributed by atoms with van der Waals surface area (Å²) in [5.74, 6) is 0.851. The molecule has 0 aliphatic carbocycles. The van der Waals surface area contributed by atoms with Crippen LogP contribution in [-0.4, -0.2) is 11.7 Å². The van der Waals surface area contributed by atoms with Gasteiger partial charge in [0.05, 0.1) is 6.61 Å². The molecule has 0 atom stereocenters. The Morgan fingerprint density at radius 3 is 1.71 bits per heavy atom. The van der Waals surface area contributed by atoms with Crippen molar-refractivity contribution in [1.29, 1.82) is 0 Å². The van der Waals surface area contributed by atoms with E-state index in [4.69, 9.17) is 4.74 Å². The second kappa shape index (κ2) is 7.33. The molecule has 0 unspecified atom stereocenters. The van der Waals surface area contributed by atoms with Crippen LogP contribution in [0.3, 0.4) is 0 Å². The summed E-state index contributed by atoms with van der Waals surface area (Å²) in [6.07, 6.45) is 0.507. The van der Waals surface area contributed by atoms with E-state index in [9.17, 15) is 5.11 Å². The molecule has 0 aliphatic heterocycles. The molecule has 122 valence electrons. The molecule has 1 N–H and O–H groups in total. The first-order valence-electron chi connectivity index (χ1n) is 8.27. The van der Waals surface area contributed by atoms with Gasteiger partial charge in [-0.1, -0.05) is 72.8 Å². The van der Waals surface area contributed by atoms with E-state index in [0.29, 0.717) is 13.0 Å². The van der Waals surface area contributed by atoms with Crippen LogP contribution in [0, 0.1) is 0 Å². The molecule has 0 aliphatic rings. The smallest absolute Gasteiger partial charge is 0.119 e. The van der Waals surface area contributed by atoms with Crippen LogP contribution in [0.5, 0.6) is 5.75 Å². The van der Waals surface area contributed by atoms with E-state index >= 15 is 0 Å². The Hall–Kier alpha value is -2.58. The van der Waals surface area contributed by atoms with E-state index in [1.807, 2.05) is 91.9 Å². The Bertz CT molecular complexity index is 709. The van der Waals surface area contributed by atoms with Gasteiger partial charge in [-0.15, -0.1) is 0 Å². The van der Waals surface area contributed by atoms with Crippen molar-refractivity contribution in [2.45, 2.75) is 18.9 Å². The van der Waals surface area contributed by atoms with E-state index in [-0.39, 0.29) is 0 Å². The van der Waals surface area contributed by atoms with Crippen molar-refractivity contribution < 1.29 is 9.84 Å². The lowest BCUT2D eigenvalue weighted by molar-refractivity contribution is 0.0811. The Morgan fingerprint density at radius 1 is 0.750 bits per heavy atom. The Kier molecular flexibility index (Phi) is 4.97. The van der Waals surface area contributed by atoms with Crippen molar-refractivity contribution >= 4 is 0 Å². The number of ether oxygens (including phenoxy) is 1. The molecule has 0 heterocycles. The maximum absolute atomic E-state index is 11.5. The number of hydrogen-bond acceptors (Lipinski definition) is 2. The van der Waals surface area contributed by atoms with Gasteiger partial charge in [0, 0.05) is 6.42 Å². The zero-order valence-corrected chi connectivity index (χ0v) is 13.9. The minimum absolute atomic E-state index is 0.507. The Morgan fingerprint density at radius 2 is 1.25 bits per heavy atom. The standard InChI is InChI=1S/C22H22O2/c1-2-24-21-15-13-18(14-16-21)17-22(23,19-9-5-3-6-10-19)20-11-7-4-8-12-20/h3-16,23H,2,17H2,1H3. The highest BCUT2D eigenvalue weighted by Gasteiger charge is 2.31. The summed E-state index contributed by atoms with van der Waals surface area (Å²) < 4.78 is 5.50. The molecular formula is C22H22O2. The van der Waals surface area contributed by atoms with Crippen LogP contribution in [0.2, 0.25) is 0 Å². The fraction of sp³-hybridized carbons (Fsp3) is 0.182. The molecule has 24 heavy (non-hydrogen) atoms. The van der Waals surface area contributed by atoms with Crippen LogP contribution < -0.4 is 4.74 Å². The van der Waals surface area contributed by atoms with Gasteiger partial charge in [0.1, 0.15) is 11.4 Å². The largest absolute Gasteiger partial charge is 0.494 e. The summed E-state index contributed by atoms with van der Waals surface area (Å²) in [5.41, 5.74) is 1.79. The first-order chi connectivity index (χ1) is 11.7. The van der Waals surface area contributed by atoms with Crippen LogP contribution in [0.1, 0.15) is 23.6 Å². The minimum Gasteiger partial charge on any atom is -0.494 e. The van der Waals surface area contributed by atoms with E-state index < -0.39 is 5.60 Å². The molecule has 0 saturated carbocycles.